The number of nitrogens with one attached hydrogen (secondary N) is 1. The molecule has 0 aliphatic heterocycles. The van der Waals surface area contributed by atoms with Crippen molar-refractivity contribution in [1.29, 1.82) is 0 Å². The average Bonchev–Trinajstić information content (AvgIpc) is 3.17. The molecule has 324 valence electrons. The highest BCUT2D eigenvalue weighted by molar-refractivity contribution is 7.47. The van der Waals surface area contributed by atoms with Crippen molar-refractivity contribution in [3.8, 4) is 0 Å². The molecular weight excluding hydrogens is 733 g/mol. The SMILES string of the molecule is CC/C=C\C/C=C\C/C=C\C/C=C\CCCCC(=O)OCC(O)COP(=O)(O)OCC(NC(=O)CCCCCCCCCCCCCCCCCCC)C(=O)O. The van der Waals surface area contributed by atoms with Gasteiger partial charge in [0, 0.05) is 12.8 Å². The predicted molar refractivity (Wildman–Crippen MR) is 226 cm³/mol. The van der Waals surface area contributed by atoms with Crippen LogP contribution in [0.25, 0.3) is 0 Å². The first-order chi connectivity index (χ1) is 27.1. The van der Waals surface area contributed by atoms with Crippen LogP contribution in [-0.2, 0) is 32.7 Å². The van der Waals surface area contributed by atoms with Gasteiger partial charge in [0.1, 0.15) is 12.7 Å². The molecule has 12 heteroatoms. The number of phosphoric ester groups is 1. The van der Waals surface area contributed by atoms with Crippen LogP contribution in [0.4, 0.5) is 0 Å². The molecule has 0 rings (SSSR count). The summed E-state index contributed by atoms with van der Waals surface area (Å²) in [6.45, 7) is 2.44. The van der Waals surface area contributed by atoms with Crippen molar-refractivity contribution in [1.82, 2.24) is 5.32 Å². The van der Waals surface area contributed by atoms with E-state index in [1.165, 1.54) is 83.5 Å². The predicted octanol–water partition coefficient (Wildman–Crippen LogP) is 11.0. The summed E-state index contributed by atoms with van der Waals surface area (Å²) in [4.78, 5) is 45.9. The van der Waals surface area contributed by atoms with Gasteiger partial charge in [0.05, 0.1) is 13.2 Å². The fourth-order valence-electron chi connectivity index (χ4n) is 5.78. The number of unbranched alkanes of at least 4 members (excludes halogenated alkanes) is 18. The Morgan fingerprint density at radius 3 is 1.54 bits per heavy atom. The lowest BCUT2D eigenvalue weighted by Crippen LogP contribution is -2.43. The normalized spacial score (nSPS) is 14.2. The van der Waals surface area contributed by atoms with Gasteiger partial charge >= 0.3 is 19.8 Å². The molecule has 0 spiro atoms. The zero-order valence-electron chi connectivity index (χ0n) is 34.9. The summed E-state index contributed by atoms with van der Waals surface area (Å²) in [5.74, 6) is -2.42. The highest BCUT2D eigenvalue weighted by atomic mass is 31.2. The highest BCUT2D eigenvalue weighted by Gasteiger charge is 2.28. The van der Waals surface area contributed by atoms with Gasteiger partial charge in [0.25, 0.3) is 0 Å². The van der Waals surface area contributed by atoms with E-state index in [2.05, 4.69) is 67.8 Å². The Bertz CT molecular complexity index is 1140. The number of rotatable bonds is 40. The molecule has 0 aromatic carbocycles. The summed E-state index contributed by atoms with van der Waals surface area (Å²) in [7, 11) is -4.76. The van der Waals surface area contributed by atoms with Crippen LogP contribution in [0.5, 0.6) is 0 Å². The van der Waals surface area contributed by atoms with E-state index in [-0.39, 0.29) is 12.8 Å². The van der Waals surface area contributed by atoms with Crippen LogP contribution in [0.3, 0.4) is 0 Å². The summed E-state index contributed by atoms with van der Waals surface area (Å²) < 4.78 is 26.8. The summed E-state index contributed by atoms with van der Waals surface area (Å²) in [5.41, 5.74) is 0. The number of aliphatic carboxylic acids is 1. The standard InChI is InChI=1S/C44H78NO10P/c1-3-5-7-9-11-13-15-17-19-20-22-23-25-27-29-31-33-35-42(47)45-41(44(49)50)39-55-56(51,52)54-38-40(46)37-53-43(48)36-34-32-30-28-26-24-21-18-16-14-12-10-8-6-4-2/h6,8,12,14,18,21,26,28,40-41,46H,3-5,7,9-11,13,15-17,19-20,22-25,27,29-39H2,1-2H3,(H,45,47)(H,49,50)(H,51,52)/b8-6-,14-12-,21-18-,28-26-. The van der Waals surface area contributed by atoms with Crippen LogP contribution in [0.2, 0.25) is 0 Å². The molecule has 56 heavy (non-hydrogen) atoms. The first-order valence-corrected chi connectivity index (χ1v) is 23.2. The fourth-order valence-corrected chi connectivity index (χ4v) is 6.55. The van der Waals surface area contributed by atoms with Crippen LogP contribution >= 0.6 is 7.82 Å². The summed E-state index contributed by atoms with van der Waals surface area (Å²) in [6.07, 6.45) is 42.8. The Kier molecular flexibility index (Phi) is 37.5. The second-order valence-electron chi connectivity index (χ2n) is 14.5. The number of hydrogen-bond acceptors (Lipinski definition) is 8. The van der Waals surface area contributed by atoms with E-state index in [0.29, 0.717) is 12.8 Å². The number of ether oxygens (including phenoxy) is 1. The molecule has 0 saturated heterocycles. The smallest absolute Gasteiger partial charge is 0.472 e. The van der Waals surface area contributed by atoms with E-state index in [1.54, 1.807) is 0 Å². The molecule has 4 N–H and O–H groups in total. The van der Waals surface area contributed by atoms with Crippen LogP contribution in [0.1, 0.15) is 181 Å². The van der Waals surface area contributed by atoms with Gasteiger partial charge in [-0.25, -0.2) is 9.36 Å². The molecule has 0 bridgehead atoms. The molecule has 11 nitrogen and oxygen atoms in total. The largest absolute Gasteiger partial charge is 0.480 e. The van der Waals surface area contributed by atoms with Gasteiger partial charge < -0.3 is 25.2 Å². The lowest BCUT2D eigenvalue weighted by molar-refractivity contribution is -0.147. The Morgan fingerprint density at radius 1 is 0.589 bits per heavy atom. The second-order valence-corrected chi connectivity index (χ2v) is 16.0. The lowest BCUT2D eigenvalue weighted by Gasteiger charge is -2.18. The molecule has 0 saturated carbocycles. The van der Waals surface area contributed by atoms with Gasteiger partial charge in [0.15, 0.2) is 6.04 Å². The molecule has 3 unspecified atom stereocenters. The number of carboxylic acids is 1. The van der Waals surface area contributed by atoms with Crippen molar-refractivity contribution < 1.29 is 47.8 Å². The number of carbonyl (C=O) groups is 3. The minimum absolute atomic E-state index is 0.145. The van der Waals surface area contributed by atoms with E-state index in [0.717, 1.165) is 57.8 Å². The molecule has 0 fully saturated rings. The fraction of sp³-hybridized carbons (Fsp3) is 0.750. The van der Waals surface area contributed by atoms with E-state index in [9.17, 15) is 34.1 Å². The summed E-state index contributed by atoms with van der Waals surface area (Å²) in [5, 5.41) is 21.8. The Labute approximate surface area is 339 Å². The zero-order valence-corrected chi connectivity index (χ0v) is 35.8. The van der Waals surface area contributed by atoms with Crippen LogP contribution in [-0.4, -0.2) is 64.9 Å². The van der Waals surface area contributed by atoms with Gasteiger partial charge in [-0.05, 0) is 51.4 Å². The quantitative estimate of drug-likeness (QED) is 0.0202. The maximum Gasteiger partial charge on any atom is 0.472 e. The molecule has 0 aromatic rings. The number of allylic oxidation sites excluding steroid dienone is 8. The van der Waals surface area contributed by atoms with E-state index >= 15 is 0 Å². The monoisotopic (exact) mass is 812 g/mol. The number of hydrogen-bond donors (Lipinski definition) is 4. The molecule has 0 radical (unpaired) electrons. The second kappa shape index (κ2) is 39.3. The van der Waals surface area contributed by atoms with Crippen LogP contribution < -0.4 is 5.32 Å². The van der Waals surface area contributed by atoms with Crippen molar-refractivity contribution >= 4 is 25.7 Å². The third-order valence-electron chi connectivity index (χ3n) is 9.13. The van der Waals surface area contributed by atoms with E-state index in [4.69, 9.17) is 13.8 Å². The van der Waals surface area contributed by atoms with Gasteiger partial charge in [-0.2, -0.15) is 0 Å². The Balaban J connectivity index is 3.95. The van der Waals surface area contributed by atoms with Gasteiger partial charge in [0.2, 0.25) is 5.91 Å². The minimum atomic E-state index is -4.76. The molecule has 1 amide bonds. The van der Waals surface area contributed by atoms with E-state index in [1.807, 2.05) is 0 Å². The number of esters is 1. The maximum absolute atomic E-state index is 12.3. The van der Waals surface area contributed by atoms with Gasteiger partial charge in [-0.15, -0.1) is 0 Å². The Morgan fingerprint density at radius 2 is 1.04 bits per heavy atom. The average molecular weight is 812 g/mol. The summed E-state index contributed by atoms with van der Waals surface area (Å²) >= 11 is 0. The number of aliphatic hydroxyl groups is 1. The van der Waals surface area contributed by atoms with Crippen LogP contribution in [0, 0.1) is 0 Å². The number of amides is 1. The topological polar surface area (TPSA) is 169 Å². The van der Waals surface area contributed by atoms with Crippen molar-refractivity contribution in [2.24, 2.45) is 0 Å². The van der Waals surface area contributed by atoms with Crippen molar-refractivity contribution in [2.75, 3.05) is 19.8 Å². The Hall–Kier alpha value is -2.56. The third kappa shape index (κ3) is 38.3. The van der Waals surface area contributed by atoms with Crippen molar-refractivity contribution in [3.63, 3.8) is 0 Å². The van der Waals surface area contributed by atoms with Gasteiger partial charge in [-0.3, -0.25) is 18.6 Å². The molecule has 0 aromatic heterocycles. The zero-order chi connectivity index (χ0) is 41.4. The van der Waals surface area contributed by atoms with E-state index < -0.39 is 57.6 Å². The van der Waals surface area contributed by atoms with Crippen LogP contribution in [0.15, 0.2) is 48.6 Å². The molecule has 3 atom stereocenters. The minimum Gasteiger partial charge on any atom is -0.480 e. The molecule has 0 aliphatic rings. The first-order valence-electron chi connectivity index (χ1n) is 21.7. The number of carboxylic acid groups (broad SMARTS) is 1. The van der Waals surface area contributed by atoms with Crippen molar-refractivity contribution in [3.05, 3.63) is 48.6 Å². The first kappa shape index (κ1) is 53.4. The molecular formula is C44H78NO10P. The van der Waals surface area contributed by atoms with Gasteiger partial charge in [-0.1, -0.05) is 165 Å². The van der Waals surface area contributed by atoms with Crippen molar-refractivity contribution in [2.45, 2.75) is 193 Å². The highest BCUT2D eigenvalue weighted by Crippen LogP contribution is 2.43. The number of phosphoric acid groups is 1. The maximum atomic E-state index is 12.3. The lowest BCUT2D eigenvalue weighted by atomic mass is 10.0. The summed E-state index contributed by atoms with van der Waals surface area (Å²) in [6, 6.07) is -1.55. The molecule has 0 aliphatic carbocycles. The number of carbonyl (C=O) groups excluding carboxylic acids is 2. The number of aliphatic hydroxyl groups excluding tert-OH is 1. The third-order valence-corrected chi connectivity index (χ3v) is 10.1. The molecule has 0 heterocycles.